The van der Waals surface area contributed by atoms with Crippen molar-refractivity contribution >= 4 is 15.8 Å². The Balaban J connectivity index is 3.11. The van der Waals surface area contributed by atoms with Crippen molar-refractivity contribution in [3.05, 3.63) is 6.20 Å². The lowest BCUT2D eigenvalue weighted by atomic mass is 10.5. The van der Waals surface area contributed by atoms with E-state index in [4.69, 9.17) is 5.73 Å². The van der Waals surface area contributed by atoms with Crippen LogP contribution in [0.5, 0.6) is 0 Å². The Labute approximate surface area is 96.1 Å². The molecule has 0 radical (unpaired) electrons. The summed E-state index contributed by atoms with van der Waals surface area (Å²) in [6, 6.07) is 0. The number of nitrogens with zero attached hydrogens (tertiary/aromatic N) is 3. The first-order chi connectivity index (χ1) is 7.43. The predicted octanol–water partition coefficient (Wildman–Crippen LogP) is 0.516. The number of hydrogen-bond donors (Lipinski definition) is 1. The normalized spacial score (nSPS) is 12.2. The highest BCUT2D eigenvalue weighted by Gasteiger charge is 2.25. The van der Waals surface area contributed by atoms with E-state index in [0.717, 1.165) is 6.42 Å². The molecule has 0 spiro atoms. The van der Waals surface area contributed by atoms with Crippen LogP contribution in [0.1, 0.15) is 20.3 Å². The zero-order valence-electron chi connectivity index (χ0n) is 9.84. The van der Waals surface area contributed by atoms with Gasteiger partial charge in [0.05, 0.1) is 0 Å². The summed E-state index contributed by atoms with van der Waals surface area (Å²) in [7, 11) is -1.95. The molecule has 0 saturated carbocycles. The molecule has 6 nitrogen and oxygen atoms in total. The zero-order chi connectivity index (χ0) is 12.3. The average Bonchev–Trinajstić information content (AvgIpc) is 2.60. The molecule has 0 atom stereocenters. The first-order valence-corrected chi connectivity index (χ1v) is 6.66. The van der Waals surface area contributed by atoms with Gasteiger partial charge in [0.1, 0.15) is 4.90 Å². The summed E-state index contributed by atoms with van der Waals surface area (Å²) in [6.07, 6.45) is 2.23. The number of nitrogens with two attached hydrogens (primary N) is 1. The SMILES string of the molecule is CCCN(C)S(=O)(=O)c1cn(CC)nc1N. The zero-order valence-corrected chi connectivity index (χ0v) is 10.7. The molecule has 7 heteroatoms. The van der Waals surface area contributed by atoms with Crippen LogP contribution in [0.3, 0.4) is 0 Å². The molecule has 0 bridgehead atoms. The van der Waals surface area contributed by atoms with E-state index in [1.807, 2.05) is 13.8 Å². The van der Waals surface area contributed by atoms with E-state index < -0.39 is 10.0 Å². The Kier molecular flexibility index (Phi) is 3.93. The largest absolute Gasteiger partial charge is 0.381 e. The van der Waals surface area contributed by atoms with Gasteiger partial charge in [0, 0.05) is 26.3 Å². The Morgan fingerprint density at radius 3 is 2.56 bits per heavy atom. The smallest absolute Gasteiger partial charge is 0.248 e. The van der Waals surface area contributed by atoms with Crippen molar-refractivity contribution in [3.8, 4) is 0 Å². The molecule has 16 heavy (non-hydrogen) atoms. The number of hydrogen-bond acceptors (Lipinski definition) is 4. The number of sulfonamides is 1. The first-order valence-electron chi connectivity index (χ1n) is 5.22. The van der Waals surface area contributed by atoms with Gasteiger partial charge in [0.2, 0.25) is 10.0 Å². The van der Waals surface area contributed by atoms with Gasteiger partial charge in [-0.05, 0) is 13.3 Å². The summed E-state index contributed by atoms with van der Waals surface area (Å²) < 4.78 is 26.9. The van der Waals surface area contributed by atoms with Crippen LogP contribution in [0, 0.1) is 0 Å². The van der Waals surface area contributed by atoms with Crippen molar-refractivity contribution in [3.63, 3.8) is 0 Å². The second-order valence-corrected chi connectivity index (χ2v) is 5.57. The van der Waals surface area contributed by atoms with Crippen LogP contribution in [-0.4, -0.2) is 36.1 Å². The highest BCUT2D eigenvalue weighted by atomic mass is 32.2. The summed E-state index contributed by atoms with van der Waals surface area (Å²) in [6.45, 7) is 4.86. The fourth-order valence-electron chi connectivity index (χ4n) is 1.38. The van der Waals surface area contributed by atoms with Crippen LogP contribution in [-0.2, 0) is 16.6 Å². The molecule has 1 aromatic heterocycles. The van der Waals surface area contributed by atoms with Crippen LogP contribution in [0.2, 0.25) is 0 Å². The topological polar surface area (TPSA) is 81.2 Å². The summed E-state index contributed by atoms with van der Waals surface area (Å²) >= 11 is 0. The Morgan fingerprint density at radius 2 is 2.12 bits per heavy atom. The molecule has 0 aliphatic carbocycles. The third kappa shape index (κ3) is 2.35. The average molecular weight is 246 g/mol. The van der Waals surface area contributed by atoms with Gasteiger partial charge in [0.25, 0.3) is 0 Å². The van der Waals surface area contributed by atoms with Crippen LogP contribution < -0.4 is 5.73 Å². The van der Waals surface area contributed by atoms with Crippen LogP contribution >= 0.6 is 0 Å². The highest BCUT2D eigenvalue weighted by Crippen LogP contribution is 2.20. The lowest BCUT2D eigenvalue weighted by Crippen LogP contribution is -2.27. The molecule has 1 aromatic rings. The number of rotatable bonds is 5. The number of aromatic nitrogens is 2. The fourth-order valence-corrected chi connectivity index (χ4v) is 2.70. The van der Waals surface area contributed by atoms with Crippen molar-refractivity contribution in [2.75, 3.05) is 19.3 Å². The monoisotopic (exact) mass is 246 g/mol. The lowest BCUT2D eigenvalue weighted by molar-refractivity contribution is 0.468. The molecule has 0 fully saturated rings. The minimum absolute atomic E-state index is 0.0600. The van der Waals surface area contributed by atoms with Gasteiger partial charge >= 0.3 is 0 Å². The molecule has 0 amide bonds. The molecule has 0 saturated heterocycles. The molecule has 1 rings (SSSR count). The van der Waals surface area contributed by atoms with Gasteiger partial charge in [-0.3, -0.25) is 4.68 Å². The maximum atomic E-state index is 12.1. The van der Waals surface area contributed by atoms with E-state index in [1.165, 1.54) is 15.2 Å². The highest BCUT2D eigenvalue weighted by molar-refractivity contribution is 7.89. The lowest BCUT2D eigenvalue weighted by Gasteiger charge is -2.14. The van der Waals surface area contributed by atoms with Crippen molar-refractivity contribution in [2.24, 2.45) is 0 Å². The maximum absolute atomic E-state index is 12.1. The van der Waals surface area contributed by atoms with Gasteiger partial charge in [0.15, 0.2) is 5.82 Å². The van der Waals surface area contributed by atoms with E-state index in [1.54, 1.807) is 7.05 Å². The fraction of sp³-hybridized carbons (Fsp3) is 0.667. The summed E-state index contributed by atoms with van der Waals surface area (Å²) in [5, 5.41) is 3.93. The number of anilines is 1. The van der Waals surface area contributed by atoms with Crippen LogP contribution in [0.25, 0.3) is 0 Å². The van der Waals surface area contributed by atoms with Crippen molar-refractivity contribution in [2.45, 2.75) is 31.7 Å². The second-order valence-electron chi connectivity index (χ2n) is 3.56. The first kappa shape index (κ1) is 13.0. The van der Waals surface area contributed by atoms with Crippen molar-refractivity contribution < 1.29 is 8.42 Å². The van der Waals surface area contributed by atoms with Crippen LogP contribution in [0.15, 0.2) is 11.1 Å². The van der Waals surface area contributed by atoms with Gasteiger partial charge in [-0.15, -0.1) is 0 Å². The Hall–Kier alpha value is -1.08. The van der Waals surface area contributed by atoms with Crippen molar-refractivity contribution in [1.29, 1.82) is 0 Å². The third-order valence-corrected chi connectivity index (χ3v) is 4.18. The summed E-state index contributed by atoms with van der Waals surface area (Å²) in [5.74, 6) is 0.0600. The van der Waals surface area contributed by atoms with Gasteiger partial charge in [-0.2, -0.15) is 5.10 Å². The minimum atomic E-state index is -3.50. The van der Waals surface area contributed by atoms with Gasteiger partial charge in [-0.25, -0.2) is 12.7 Å². The molecular formula is C9H18N4O2S. The Morgan fingerprint density at radius 1 is 1.50 bits per heavy atom. The van der Waals surface area contributed by atoms with E-state index in [9.17, 15) is 8.42 Å². The van der Waals surface area contributed by atoms with E-state index in [-0.39, 0.29) is 10.7 Å². The molecule has 1 heterocycles. The number of aryl methyl sites for hydroxylation is 1. The van der Waals surface area contributed by atoms with Gasteiger partial charge in [-0.1, -0.05) is 6.92 Å². The predicted molar refractivity (Wildman–Crippen MR) is 62.4 cm³/mol. The van der Waals surface area contributed by atoms with Gasteiger partial charge < -0.3 is 5.73 Å². The molecule has 92 valence electrons. The third-order valence-electron chi connectivity index (χ3n) is 2.31. The second kappa shape index (κ2) is 4.84. The molecule has 2 N–H and O–H groups in total. The molecular weight excluding hydrogens is 228 g/mol. The van der Waals surface area contributed by atoms with Crippen LogP contribution in [0.4, 0.5) is 5.82 Å². The number of nitrogen functional groups attached to an aromatic ring is 1. The summed E-state index contributed by atoms with van der Waals surface area (Å²) in [5.41, 5.74) is 5.60. The standard InChI is InChI=1S/C9H18N4O2S/c1-4-6-12(3)16(14,15)8-7-13(5-2)11-9(8)10/h7H,4-6H2,1-3H3,(H2,10,11). The maximum Gasteiger partial charge on any atom is 0.248 e. The van der Waals surface area contributed by atoms with E-state index >= 15 is 0 Å². The van der Waals surface area contributed by atoms with E-state index in [2.05, 4.69) is 5.10 Å². The van der Waals surface area contributed by atoms with Crippen molar-refractivity contribution in [1.82, 2.24) is 14.1 Å². The summed E-state index contributed by atoms with van der Waals surface area (Å²) in [4.78, 5) is 0.0882. The van der Waals surface area contributed by atoms with E-state index in [0.29, 0.717) is 13.1 Å². The quantitative estimate of drug-likeness (QED) is 0.821. The molecule has 0 aliphatic heterocycles. The molecule has 0 unspecified atom stereocenters. The minimum Gasteiger partial charge on any atom is -0.381 e. The molecule has 0 aromatic carbocycles. The Bertz CT molecular complexity index is 452. The molecule has 0 aliphatic rings.